The Bertz CT molecular complexity index is 1910. The lowest BCUT2D eigenvalue weighted by atomic mass is 10.0. The smallest absolute Gasteiger partial charge is 0.303 e. The fraction of sp³-hybridized carbons (Fsp3) is 0.317. The number of rotatable bonds is 16. The summed E-state index contributed by atoms with van der Waals surface area (Å²) in [4.78, 5) is 29.9. The third kappa shape index (κ3) is 8.47. The van der Waals surface area contributed by atoms with Gasteiger partial charge in [0.15, 0.2) is 17.3 Å². The normalized spacial score (nSPS) is 13.4. The lowest BCUT2D eigenvalue weighted by Gasteiger charge is -2.36. The third-order valence-electron chi connectivity index (χ3n) is 9.22. The van der Waals surface area contributed by atoms with Crippen molar-refractivity contribution >= 4 is 28.3 Å². The number of hydrogen-bond donors (Lipinski definition) is 1. The zero-order chi connectivity index (χ0) is 34.9. The predicted molar refractivity (Wildman–Crippen MR) is 196 cm³/mol. The van der Waals surface area contributed by atoms with E-state index in [1.165, 1.54) is 5.56 Å². The van der Waals surface area contributed by atoms with E-state index in [-0.39, 0.29) is 12.2 Å². The second kappa shape index (κ2) is 16.4. The van der Waals surface area contributed by atoms with Crippen molar-refractivity contribution in [3.05, 3.63) is 119 Å². The molecule has 0 amide bonds. The van der Waals surface area contributed by atoms with E-state index in [9.17, 15) is 9.59 Å². The molecule has 0 atom stereocenters. The van der Waals surface area contributed by atoms with Crippen molar-refractivity contribution in [2.24, 2.45) is 0 Å². The van der Waals surface area contributed by atoms with Crippen LogP contribution in [0.5, 0.6) is 17.2 Å². The molecule has 0 radical (unpaired) electrons. The maximum absolute atomic E-state index is 14.0. The Labute approximate surface area is 293 Å². The van der Waals surface area contributed by atoms with Crippen molar-refractivity contribution in [3.63, 3.8) is 0 Å². The van der Waals surface area contributed by atoms with Gasteiger partial charge in [-0.15, -0.1) is 0 Å². The van der Waals surface area contributed by atoms with E-state index in [0.717, 1.165) is 67.0 Å². The topological polar surface area (TPSA) is 93.5 Å². The minimum Gasteiger partial charge on any atom is -0.495 e. The number of ketones is 1. The number of carbonyl (C=O) groups is 2. The molecule has 5 aromatic rings. The van der Waals surface area contributed by atoms with Crippen LogP contribution in [0.3, 0.4) is 0 Å². The van der Waals surface area contributed by atoms with Crippen molar-refractivity contribution in [2.75, 3.05) is 51.3 Å². The number of fused-ring (bicyclic) bond motifs is 1. The van der Waals surface area contributed by atoms with Crippen LogP contribution in [0.2, 0.25) is 0 Å². The Morgan fingerprint density at radius 2 is 1.54 bits per heavy atom. The standard InChI is InChI=1S/C41H45N3O6/c1-30-14-16-31(17-15-30)29-50-39-27-32(41(47)34-28-44(21-7-13-40(45)46)35-10-4-3-9-33(34)35)18-19-38(39)49-26-8-20-42-22-24-43(25-23-42)36-11-5-6-12-37(36)48-2/h3-6,9-12,14-19,27-28H,7-8,13,20-26,29H2,1-2H3,(H,45,46). The zero-order valence-corrected chi connectivity index (χ0v) is 28.8. The van der Waals surface area contributed by atoms with Crippen molar-refractivity contribution < 1.29 is 28.9 Å². The number of aromatic nitrogens is 1. The molecule has 1 fully saturated rings. The van der Waals surface area contributed by atoms with Gasteiger partial charge in [-0.2, -0.15) is 0 Å². The first kappa shape index (κ1) is 34.6. The molecule has 0 aliphatic carbocycles. The number of aliphatic carboxylic acids is 1. The first-order valence-corrected chi connectivity index (χ1v) is 17.3. The van der Waals surface area contributed by atoms with Gasteiger partial charge in [-0.25, -0.2) is 0 Å². The van der Waals surface area contributed by atoms with Crippen molar-refractivity contribution in [3.8, 4) is 17.2 Å². The first-order chi connectivity index (χ1) is 24.4. The van der Waals surface area contributed by atoms with E-state index in [1.807, 2.05) is 65.4 Å². The number of anilines is 1. The predicted octanol–water partition coefficient (Wildman–Crippen LogP) is 7.22. The average molecular weight is 676 g/mol. The molecule has 1 aliphatic rings. The zero-order valence-electron chi connectivity index (χ0n) is 28.8. The second-order valence-electron chi connectivity index (χ2n) is 12.7. The minimum absolute atomic E-state index is 0.0689. The van der Waals surface area contributed by atoms with E-state index >= 15 is 0 Å². The first-order valence-electron chi connectivity index (χ1n) is 17.3. The fourth-order valence-corrected chi connectivity index (χ4v) is 6.47. The number of aryl methyl sites for hydroxylation is 2. The van der Waals surface area contributed by atoms with E-state index in [1.54, 1.807) is 19.2 Å². The number of hydrogen-bond acceptors (Lipinski definition) is 7. The van der Waals surface area contributed by atoms with Gasteiger partial charge >= 0.3 is 5.97 Å². The molecule has 1 N–H and O–H groups in total. The number of piperazine rings is 1. The van der Waals surface area contributed by atoms with Gasteiger partial charge in [0, 0.05) is 73.9 Å². The summed E-state index contributed by atoms with van der Waals surface area (Å²) in [7, 11) is 1.72. The SMILES string of the molecule is COc1ccccc1N1CCN(CCCOc2ccc(C(=O)c3cn(CCCC(=O)O)c4ccccc34)cc2OCc2ccc(C)cc2)CC1. The highest BCUT2D eigenvalue weighted by Crippen LogP contribution is 2.33. The molecule has 6 rings (SSSR count). The van der Waals surface area contributed by atoms with Gasteiger partial charge in [0.2, 0.25) is 0 Å². The van der Waals surface area contributed by atoms with E-state index in [0.29, 0.717) is 48.8 Å². The Morgan fingerprint density at radius 3 is 2.32 bits per heavy atom. The summed E-state index contributed by atoms with van der Waals surface area (Å²) in [6.45, 7) is 8.16. The number of carboxylic acid groups (broad SMARTS) is 1. The quantitative estimate of drug-likeness (QED) is 0.0866. The molecule has 2 heterocycles. The molecule has 9 heteroatoms. The summed E-state index contributed by atoms with van der Waals surface area (Å²) in [5.74, 6) is 1.07. The number of carbonyl (C=O) groups excluding carboxylic acids is 1. The molecule has 0 saturated carbocycles. The van der Waals surface area contributed by atoms with Crippen LogP contribution in [0.15, 0.2) is 97.2 Å². The number of nitrogens with zero attached hydrogens (tertiary/aromatic N) is 3. The number of ether oxygens (including phenoxy) is 3. The van der Waals surface area contributed by atoms with Gasteiger partial charge in [-0.05, 0) is 61.7 Å². The van der Waals surface area contributed by atoms with Gasteiger partial charge in [0.25, 0.3) is 0 Å². The highest BCUT2D eigenvalue weighted by atomic mass is 16.5. The molecule has 1 aromatic heterocycles. The summed E-state index contributed by atoms with van der Waals surface area (Å²) >= 11 is 0. The molecule has 0 bridgehead atoms. The Kier molecular flexibility index (Phi) is 11.4. The summed E-state index contributed by atoms with van der Waals surface area (Å²) < 4.78 is 20.1. The highest BCUT2D eigenvalue weighted by Gasteiger charge is 2.21. The number of para-hydroxylation sites is 3. The van der Waals surface area contributed by atoms with E-state index in [2.05, 4.69) is 41.0 Å². The van der Waals surface area contributed by atoms with Gasteiger partial charge in [-0.3, -0.25) is 14.5 Å². The summed E-state index contributed by atoms with van der Waals surface area (Å²) in [6.07, 6.45) is 3.24. The maximum atomic E-state index is 14.0. The molecular formula is C41H45N3O6. The van der Waals surface area contributed by atoms with Crippen LogP contribution in [0.1, 0.15) is 46.3 Å². The van der Waals surface area contributed by atoms with E-state index in [4.69, 9.17) is 19.3 Å². The minimum atomic E-state index is -0.832. The lowest BCUT2D eigenvalue weighted by molar-refractivity contribution is -0.137. The van der Waals surface area contributed by atoms with Crippen molar-refractivity contribution in [1.82, 2.24) is 9.47 Å². The average Bonchev–Trinajstić information content (AvgIpc) is 3.51. The van der Waals surface area contributed by atoms with Crippen LogP contribution < -0.4 is 19.1 Å². The number of benzene rings is 4. The second-order valence-corrected chi connectivity index (χ2v) is 12.7. The van der Waals surface area contributed by atoms with Crippen molar-refractivity contribution in [2.45, 2.75) is 39.3 Å². The molecule has 0 spiro atoms. The highest BCUT2D eigenvalue weighted by molar-refractivity contribution is 6.16. The maximum Gasteiger partial charge on any atom is 0.303 e. The molecule has 260 valence electrons. The van der Waals surface area contributed by atoms with Crippen LogP contribution in [0, 0.1) is 6.92 Å². The van der Waals surface area contributed by atoms with Gasteiger partial charge in [-0.1, -0.05) is 60.2 Å². The van der Waals surface area contributed by atoms with E-state index < -0.39 is 5.97 Å². The summed E-state index contributed by atoms with van der Waals surface area (Å²) in [5.41, 5.74) is 5.30. The van der Waals surface area contributed by atoms with Gasteiger partial charge < -0.3 is 28.8 Å². The Balaban J connectivity index is 1.12. The molecule has 1 aliphatic heterocycles. The molecule has 0 unspecified atom stereocenters. The Hall–Kier alpha value is -5.28. The third-order valence-corrected chi connectivity index (χ3v) is 9.22. The molecular weight excluding hydrogens is 630 g/mol. The molecule has 9 nitrogen and oxygen atoms in total. The molecule has 50 heavy (non-hydrogen) atoms. The van der Waals surface area contributed by atoms with Crippen LogP contribution >= 0.6 is 0 Å². The fourth-order valence-electron chi connectivity index (χ4n) is 6.47. The number of methoxy groups -OCH3 is 1. The van der Waals surface area contributed by atoms with Gasteiger partial charge in [0.05, 0.1) is 19.4 Å². The van der Waals surface area contributed by atoms with Crippen LogP contribution in [0.4, 0.5) is 5.69 Å². The molecule has 1 saturated heterocycles. The Morgan fingerprint density at radius 1 is 0.780 bits per heavy atom. The number of carboxylic acids is 1. The molecule has 4 aromatic carbocycles. The van der Waals surface area contributed by atoms with Crippen LogP contribution in [0.25, 0.3) is 10.9 Å². The van der Waals surface area contributed by atoms with Crippen LogP contribution in [-0.2, 0) is 17.9 Å². The van der Waals surface area contributed by atoms with Crippen molar-refractivity contribution in [1.29, 1.82) is 0 Å². The largest absolute Gasteiger partial charge is 0.495 e. The lowest BCUT2D eigenvalue weighted by Crippen LogP contribution is -2.46. The van der Waals surface area contributed by atoms with Crippen LogP contribution in [-0.4, -0.2) is 72.8 Å². The summed E-state index contributed by atoms with van der Waals surface area (Å²) in [5, 5.41) is 9.95. The van der Waals surface area contributed by atoms with Gasteiger partial charge in [0.1, 0.15) is 12.4 Å². The summed E-state index contributed by atoms with van der Waals surface area (Å²) in [6, 6.07) is 29.5. The monoisotopic (exact) mass is 675 g/mol.